The molecule has 5 aromatic rings. The minimum atomic E-state index is -5.22. The van der Waals surface area contributed by atoms with E-state index in [2.05, 4.69) is 10.1 Å². The van der Waals surface area contributed by atoms with Crippen molar-refractivity contribution in [3.63, 3.8) is 0 Å². The summed E-state index contributed by atoms with van der Waals surface area (Å²) in [6.07, 6.45) is 0.425. The van der Waals surface area contributed by atoms with Gasteiger partial charge in [0.05, 0.1) is 31.7 Å². The van der Waals surface area contributed by atoms with E-state index >= 15 is 13.2 Å². The molecule has 0 N–H and O–H groups in total. The molecule has 1 saturated heterocycles. The molecule has 0 aromatic heterocycles. The Kier molecular flexibility index (Phi) is 11.8. The van der Waals surface area contributed by atoms with Crippen molar-refractivity contribution in [1.82, 2.24) is 4.31 Å². The molecule has 6 rings (SSSR count). The highest BCUT2D eigenvalue weighted by Gasteiger charge is 2.67. The van der Waals surface area contributed by atoms with Crippen molar-refractivity contribution in [1.29, 1.82) is 0 Å². The number of hydrogen-bond acceptors (Lipinski definition) is 11. The average Bonchev–Trinajstić information content (AvgIpc) is 3.46. The fraction of sp³-hybridized carbons (Fsp3) is 0.163. The second-order valence-electron chi connectivity index (χ2n) is 14.1. The third-order valence-corrected chi connectivity index (χ3v) is 12.6. The van der Waals surface area contributed by atoms with Gasteiger partial charge in [0.25, 0.3) is 37.3 Å². The summed E-state index contributed by atoms with van der Waals surface area (Å²) < 4.78 is 69.0. The molecule has 1 amide bonds. The van der Waals surface area contributed by atoms with E-state index in [1.54, 1.807) is 44.2 Å². The van der Waals surface area contributed by atoms with Gasteiger partial charge in [0.1, 0.15) is 16.8 Å². The van der Waals surface area contributed by atoms with Crippen LogP contribution in [0, 0.1) is 34.1 Å². The van der Waals surface area contributed by atoms with Crippen LogP contribution in [0.5, 0.6) is 0 Å². The van der Waals surface area contributed by atoms with Crippen LogP contribution in [0.15, 0.2) is 153 Å². The Labute approximate surface area is 345 Å². The molecule has 2 atom stereocenters. The molecular formula is C43H36N4O11S2. The predicted octanol–water partition coefficient (Wildman–Crippen LogP) is 7.35. The number of carbonyl (C=O) groups is 2. The summed E-state index contributed by atoms with van der Waals surface area (Å²) in [6.45, 7) is 6.38. The number of nitrogens with zero attached hydrogens (tertiary/aromatic N) is 4. The van der Waals surface area contributed by atoms with Gasteiger partial charge in [-0.2, -0.15) is 12.7 Å². The molecule has 0 radical (unpaired) electrons. The maximum absolute atomic E-state index is 16.0. The number of carbonyl (C=O) groups excluding carboxylic acids is 2. The molecule has 0 saturated carbocycles. The van der Waals surface area contributed by atoms with Gasteiger partial charge in [0, 0.05) is 24.3 Å². The molecule has 306 valence electrons. The molecule has 5 aromatic carbocycles. The molecule has 60 heavy (non-hydrogen) atoms. The first-order valence-corrected chi connectivity index (χ1v) is 21.1. The van der Waals surface area contributed by atoms with Crippen LogP contribution in [0.25, 0.3) is 6.08 Å². The van der Waals surface area contributed by atoms with Crippen LogP contribution >= 0.6 is 0 Å². The Morgan fingerprint density at radius 2 is 1.33 bits per heavy atom. The molecule has 0 bridgehead atoms. The lowest BCUT2D eigenvalue weighted by atomic mass is 9.64. The Hall–Kier alpha value is -7.07. The van der Waals surface area contributed by atoms with Crippen LogP contribution < -0.4 is 0 Å². The van der Waals surface area contributed by atoms with Crippen LogP contribution in [-0.2, 0) is 39.8 Å². The summed E-state index contributed by atoms with van der Waals surface area (Å²) in [7, 11) is -10.2. The number of non-ortho nitro benzene ring substituents is 2. The van der Waals surface area contributed by atoms with Crippen molar-refractivity contribution in [3.8, 4) is 0 Å². The van der Waals surface area contributed by atoms with E-state index in [1.807, 2.05) is 0 Å². The van der Waals surface area contributed by atoms with Gasteiger partial charge in [0.15, 0.2) is 0 Å². The molecule has 1 fully saturated rings. The smallest absolute Gasteiger partial charge is 0.343 e. The Balaban J connectivity index is 1.90. The summed E-state index contributed by atoms with van der Waals surface area (Å²) in [6, 6.07) is 27.9. The third kappa shape index (κ3) is 8.14. The van der Waals surface area contributed by atoms with Crippen molar-refractivity contribution in [3.05, 3.63) is 187 Å². The van der Waals surface area contributed by atoms with E-state index < -0.39 is 91.8 Å². The van der Waals surface area contributed by atoms with Gasteiger partial charge in [-0.3, -0.25) is 25.0 Å². The number of esters is 1. The number of rotatable bonds is 12. The number of amides is 1. The van der Waals surface area contributed by atoms with Crippen LogP contribution in [0.2, 0.25) is 0 Å². The number of nitro benzene ring substituents is 2. The Morgan fingerprint density at radius 1 is 0.783 bits per heavy atom. The molecule has 1 aliphatic heterocycles. The first kappa shape index (κ1) is 42.5. The highest BCUT2D eigenvalue weighted by atomic mass is 32.2. The zero-order chi connectivity index (χ0) is 43.6. The van der Waals surface area contributed by atoms with Crippen molar-refractivity contribution in [2.45, 2.75) is 54.9 Å². The standard InChI is InChI=1S/C43H36N4O11S2/c1-28(2)58-41(48)38(25-20-31-10-6-5-7-11-31)43(33-13-9-15-35(27-33)47(52)53)39(32-12-8-14-34(26-32)46(50)51)40(44-59(54,55)36-21-16-29(3)17-22-36)45(42(43)49)60(56,57)37-23-18-30(4)19-24-37/h5-24,26-28,39H,1-4H3/b44-40-/t25?,39-,43+/m1/s1. The van der Waals surface area contributed by atoms with E-state index in [1.165, 1.54) is 92.7 Å². The minimum Gasteiger partial charge on any atom is -0.459 e. The molecule has 1 heterocycles. The summed E-state index contributed by atoms with van der Waals surface area (Å²) in [5, 5.41) is 24.7. The van der Waals surface area contributed by atoms with Crippen molar-refractivity contribution in [2.24, 2.45) is 4.40 Å². The fourth-order valence-electron chi connectivity index (χ4n) is 6.80. The van der Waals surface area contributed by atoms with E-state index in [0.717, 1.165) is 24.3 Å². The number of benzene rings is 5. The summed E-state index contributed by atoms with van der Waals surface area (Å²) in [5.41, 5.74) is -0.811. The first-order chi connectivity index (χ1) is 28.4. The van der Waals surface area contributed by atoms with Crippen molar-refractivity contribution >= 4 is 55.2 Å². The molecule has 0 unspecified atom stereocenters. The highest BCUT2D eigenvalue weighted by molar-refractivity contribution is 7.91. The maximum Gasteiger partial charge on any atom is 0.343 e. The van der Waals surface area contributed by atoms with E-state index in [0.29, 0.717) is 16.7 Å². The van der Waals surface area contributed by atoms with Crippen LogP contribution in [0.3, 0.4) is 0 Å². The van der Waals surface area contributed by atoms with Crippen LogP contribution in [0.4, 0.5) is 11.4 Å². The number of sulfonamides is 2. The second-order valence-corrected chi connectivity index (χ2v) is 17.4. The van der Waals surface area contributed by atoms with Gasteiger partial charge >= 0.3 is 5.97 Å². The molecule has 0 spiro atoms. The van der Waals surface area contributed by atoms with Crippen molar-refractivity contribution in [2.75, 3.05) is 0 Å². The van der Waals surface area contributed by atoms with Crippen LogP contribution in [0.1, 0.15) is 47.6 Å². The van der Waals surface area contributed by atoms with E-state index in [-0.39, 0.29) is 15.4 Å². The number of ether oxygens (including phenoxy) is 1. The van der Waals surface area contributed by atoms with Gasteiger partial charge < -0.3 is 4.74 Å². The number of hydrogen-bond donors (Lipinski definition) is 0. The molecule has 1 aliphatic rings. The molecule has 15 nitrogen and oxygen atoms in total. The topological polar surface area (TPSA) is 214 Å². The summed E-state index contributed by atoms with van der Waals surface area (Å²) >= 11 is 0. The van der Waals surface area contributed by atoms with Gasteiger partial charge in [-0.1, -0.05) is 90.0 Å². The normalized spacial score (nSPS) is 17.3. The summed E-state index contributed by atoms with van der Waals surface area (Å²) in [4.78, 5) is 52.9. The Bertz CT molecular complexity index is 2850. The lowest BCUT2D eigenvalue weighted by molar-refractivity contribution is -0.385. The third-order valence-electron chi connectivity index (χ3n) is 9.56. The fourth-order valence-corrected chi connectivity index (χ4v) is 9.32. The second kappa shape index (κ2) is 16.7. The van der Waals surface area contributed by atoms with E-state index in [4.69, 9.17) is 4.74 Å². The minimum absolute atomic E-state index is 0.151. The van der Waals surface area contributed by atoms with Crippen LogP contribution in [-0.4, -0.2) is 54.8 Å². The number of aryl methyl sites for hydroxylation is 2. The average molecular weight is 849 g/mol. The monoisotopic (exact) mass is 848 g/mol. The summed E-state index contributed by atoms with van der Waals surface area (Å²) in [5.74, 6) is -5.83. The molecule has 0 aliphatic carbocycles. The lowest BCUT2D eigenvalue weighted by Crippen LogP contribution is -2.46. The van der Waals surface area contributed by atoms with Gasteiger partial charge in [0.2, 0.25) is 0 Å². The molecular weight excluding hydrogens is 813 g/mol. The number of amidine groups is 1. The number of nitro groups is 2. The predicted molar refractivity (Wildman–Crippen MR) is 221 cm³/mol. The SMILES string of the molecule is Cc1ccc(S(=O)(=O)/N=C2/[C@@H](c3cccc([N+](=O)[O-])c3)[C@@](C(=C=Cc3ccccc3)C(=O)OC(C)C)(c3cccc([N+](=O)[O-])c3)C(=O)N2S(=O)(=O)c2ccc(C)cc2)cc1. The lowest BCUT2D eigenvalue weighted by Gasteiger charge is -2.33. The van der Waals surface area contributed by atoms with Gasteiger partial charge in [-0.25, -0.2) is 13.2 Å². The largest absolute Gasteiger partial charge is 0.459 e. The maximum atomic E-state index is 16.0. The Morgan fingerprint density at radius 3 is 1.90 bits per heavy atom. The van der Waals surface area contributed by atoms with Gasteiger partial charge in [-0.15, -0.1) is 10.1 Å². The van der Waals surface area contributed by atoms with Gasteiger partial charge in [-0.05, 0) is 74.7 Å². The quantitative estimate of drug-likeness (QED) is 0.0398. The highest BCUT2D eigenvalue weighted by Crippen LogP contribution is 2.55. The molecule has 17 heteroatoms. The van der Waals surface area contributed by atoms with Crippen molar-refractivity contribution < 1.29 is 41.0 Å². The zero-order valence-electron chi connectivity index (χ0n) is 32.5. The van der Waals surface area contributed by atoms with E-state index in [9.17, 15) is 33.4 Å². The first-order valence-electron chi connectivity index (χ1n) is 18.2. The zero-order valence-corrected chi connectivity index (χ0v) is 34.1.